The van der Waals surface area contributed by atoms with E-state index in [0.29, 0.717) is 30.2 Å². The predicted molar refractivity (Wildman–Crippen MR) is 147 cm³/mol. The molecular weight excluding hydrogens is 468 g/mol. The highest BCUT2D eigenvalue weighted by molar-refractivity contribution is 7.98. The van der Waals surface area contributed by atoms with E-state index in [9.17, 15) is 0 Å². The summed E-state index contributed by atoms with van der Waals surface area (Å²) >= 11 is 1.72. The number of rotatable bonds is 14. The minimum Gasteiger partial charge on any atom is -0.493 e. The number of hydrogen-bond donors (Lipinski definition) is 1. The molecule has 0 radical (unpaired) electrons. The van der Waals surface area contributed by atoms with Gasteiger partial charge in [0, 0.05) is 30.4 Å². The predicted octanol–water partition coefficient (Wildman–Crippen LogP) is 5.31. The Balaban J connectivity index is 1.19. The van der Waals surface area contributed by atoms with E-state index in [0.717, 1.165) is 36.6 Å². The molecule has 1 atom stereocenters. The van der Waals surface area contributed by atoms with E-state index >= 15 is 0 Å². The molecule has 0 bridgehead atoms. The molecular formula is C29H34N4O2S. The molecule has 1 N–H and O–H groups in total. The molecule has 0 spiro atoms. The molecule has 36 heavy (non-hydrogen) atoms. The zero-order valence-electron chi connectivity index (χ0n) is 21.0. The number of benzene rings is 3. The molecule has 1 unspecified atom stereocenters. The van der Waals surface area contributed by atoms with Gasteiger partial charge in [0.05, 0.1) is 12.4 Å². The molecule has 0 fully saturated rings. The van der Waals surface area contributed by atoms with Gasteiger partial charge >= 0.3 is 0 Å². The number of ether oxygens (including phenoxy) is 1. The van der Waals surface area contributed by atoms with Gasteiger partial charge in [0.15, 0.2) is 0 Å². The number of thioether (sulfide) groups is 1. The second kappa shape index (κ2) is 13.8. The van der Waals surface area contributed by atoms with Crippen molar-refractivity contribution in [2.75, 3.05) is 33.0 Å². The standard InChI is InChI=1S/C29H34N4O2S/c1-33(2)26(19-23-9-5-3-6-10-23)21-30-20-24-13-15-25(16-14-24)29-32-31-28(35-29)22-36-18-17-34-27-11-7-4-8-12-27/h3-16,26,30H,17-22H2,1-2H3. The van der Waals surface area contributed by atoms with Crippen LogP contribution in [0.15, 0.2) is 89.3 Å². The first kappa shape index (κ1) is 25.9. The van der Waals surface area contributed by atoms with Crippen molar-refractivity contribution in [3.8, 4) is 17.2 Å². The van der Waals surface area contributed by atoms with E-state index in [2.05, 4.69) is 77.0 Å². The average molecular weight is 503 g/mol. The zero-order chi connectivity index (χ0) is 25.0. The fourth-order valence-corrected chi connectivity index (χ4v) is 4.43. The van der Waals surface area contributed by atoms with Gasteiger partial charge < -0.3 is 19.4 Å². The number of likely N-dealkylation sites (N-methyl/N-ethyl adjacent to an activating group) is 1. The second-order valence-electron chi connectivity index (χ2n) is 8.85. The van der Waals surface area contributed by atoms with Gasteiger partial charge in [-0.3, -0.25) is 0 Å². The molecule has 1 heterocycles. The van der Waals surface area contributed by atoms with Gasteiger partial charge in [0.1, 0.15) is 5.75 Å². The molecule has 3 aromatic carbocycles. The maximum atomic E-state index is 5.86. The number of nitrogens with one attached hydrogen (secondary N) is 1. The van der Waals surface area contributed by atoms with Crippen LogP contribution in [0.3, 0.4) is 0 Å². The Bertz CT molecular complexity index is 1150. The molecule has 4 aromatic rings. The van der Waals surface area contributed by atoms with Crippen LogP contribution in [-0.4, -0.2) is 54.1 Å². The normalized spacial score (nSPS) is 12.1. The van der Waals surface area contributed by atoms with Gasteiger partial charge in [-0.2, -0.15) is 0 Å². The van der Waals surface area contributed by atoms with Crippen LogP contribution in [0.4, 0.5) is 0 Å². The summed E-state index contributed by atoms with van der Waals surface area (Å²) in [6.45, 7) is 2.38. The molecule has 0 saturated heterocycles. The molecule has 188 valence electrons. The van der Waals surface area contributed by atoms with Gasteiger partial charge in [-0.1, -0.05) is 60.7 Å². The largest absolute Gasteiger partial charge is 0.493 e. The number of nitrogens with zero attached hydrogens (tertiary/aromatic N) is 3. The lowest BCUT2D eigenvalue weighted by Gasteiger charge is -2.25. The van der Waals surface area contributed by atoms with Gasteiger partial charge in [0.25, 0.3) is 0 Å². The summed E-state index contributed by atoms with van der Waals surface area (Å²) in [6, 6.07) is 29.2. The van der Waals surface area contributed by atoms with Crippen LogP contribution in [0.1, 0.15) is 17.0 Å². The van der Waals surface area contributed by atoms with E-state index in [1.165, 1.54) is 11.1 Å². The number of aromatic nitrogens is 2. The lowest BCUT2D eigenvalue weighted by atomic mass is 10.0. The first-order valence-corrected chi connectivity index (χ1v) is 13.4. The first-order valence-electron chi connectivity index (χ1n) is 12.3. The third-order valence-electron chi connectivity index (χ3n) is 5.89. The van der Waals surface area contributed by atoms with Gasteiger partial charge in [-0.25, -0.2) is 0 Å². The van der Waals surface area contributed by atoms with Gasteiger partial charge in [0.2, 0.25) is 11.8 Å². The van der Waals surface area contributed by atoms with E-state index in [1.54, 1.807) is 11.8 Å². The van der Waals surface area contributed by atoms with Gasteiger partial charge in [-0.05, 0) is 55.9 Å². The Morgan fingerprint density at radius 3 is 2.33 bits per heavy atom. The van der Waals surface area contributed by atoms with Crippen molar-refractivity contribution in [3.63, 3.8) is 0 Å². The van der Waals surface area contributed by atoms with E-state index in [1.807, 2.05) is 42.5 Å². The highest BCUT2D eigenvalue weighted by atomic mass is 32.2. The highest BCUT2D eigenvalue weighted by Gasteiger charge is 2.12. The molecule has 6 nitrogen and oxygen atoms in total. The molecule has 0 aliphatic rings. The SMILES string of the molecule is CN(C)C(CNCc1ccc(-c2nnc(CSCCOc3ccccc3)o2)cc1)Cc1ccccc1. The minimum atomic E-state index is 0.436. The Hall–Kier alpha value is -3.13. The van der Waals surface area contributed by atoms with Gasteiger partial charge in [-0.15, -0.1) is 22.0 Å². The van der Waals surface area contributed by atoms with Crippen LogP contribution in [0.25, 0.3) is 11.5 Å². The van der Waals surface area contributed by atoms with E-state index in [4.69, 9.17) is 9.15 Å². The lowest BCUT2D eigenvalue weighted by Crippen LogP contribution is -2.39. The molecule has 0 aliphatic heterocycles. The minimum absolute atomic E-state index is 0.436. The lowest BCUT2D eigenvalue weighted by molar-refractivity contribution is 0.281. The van der Waals surface area contributed by atoms with Crippen LogP contribution in [0, 0.1) is 0 Å². The van der Waals surface area contributed by atoms with E-state index in [-0.39, 0.29) is 0 Å². The molecule has 0 aliphatic carbocycles. The fraction of sp³-hybridized carbons (Fsp3) is 0.310. The summed E-state index contributed by atoms with van der Waals surface area (Å²) in [7, 11) is 4.28. The van der Waals surface area contributed by atoms with Crippen molar-refractivity contribution in [1.82, 2.24) is 20.4 Å². The molecule has 4 rings (SSSR count). The van der Waals surface area contributed by atoms with Crippen molar-refractivity contribution in [3.05, 3.63) is 102 Å². The number of para-hydroxylation sites is 1. The van der Waals surface area contributed by atoms with Crippen molar-refractivity contribution >= 4 is 11.8 Å². The maximum absolute atomic E-state index is 5.86. The van der Waals surface area contributed by atoms with Crippen LogP contribution >= 0.6 is 11.8 Å². The first-order chi connectivity index (χ1) is 17.7. The molecule has 1 aromatic heterocycles. The van der Waals surface area contributed by atoms with E-state index < -0.39 is 0 Å². The summed E-state index contributed by atoms with van der Waals surface area (Å²) in [6.07, 6.45) is 1.03. The maximum Gasteiger partial charge on any atom is 0.247 e. The fourth-order valence-electron chi connectivity index (χ4n) is 3.80. The van der Waals surface area contributed by atoms with Crippen molar-refractivity contribution in [1.29, 1.82) is 0 Å². The van der Waals surface area contributed by atoms with Crippen molar-refractivity contribution in [2.24, 2.45) is 0 Å². The summed E-state index contributed by atoms with van der Waals surface area (Å²) < 4.78 is 11.6. The smallest absolute Gasteiger partial charge is 0.247 e. The van der Waals surface area contributed by atoms with Crippen LogP contribution in [0.2, 0.25) is 0 Å². The summed E-state index contributed by atoms with van der Waals surface area (Å²) in [5, 5.41) is 12.0. The quantitative estimate of drug-likeness (QED) is 0.234. The van der Waals surface area contributed by atoms with Crippen molar-refractivity contribution in [2.45, 2.75) is 24.8 Å². The summed E-state index contributed by atoms with van der Waals surface area (Å²) in [5.41, 5.74) is 3.52. The molecule has 0 amide bonds. The Morgan fingerprint density at radius 2 is 1.61 bits per heavy atom. The number of hydrogen-bond acceptors (Lipinski definition) is 7. The van der Waals surface area contributed by atoms with Crippen LogP contribution in [-0.2, 0) is 18.7 Å². The monoisotopic (exact) mass is 502 g/mol. The summed E-state index contributed by atoms with van der Waals surface area (Å²) in [5.74, 6) is 3.61. The molecule has 0 saturated carbocycles. The Kier molecular flexibility index (Phi) is 9.96. The second-order valence-corrected chi connectivity index (χ2v) is 9.96. The summed E-state index contributed by atoms with van der Waals surface area (Å²) in [4.78, 5) is 2.28. The Labute approximate surface area is 218 Å². The highest BCUT2D eigenvalue weighted by Crippen LogP contribution is 2.21. The topological polar surface area (TPSA) is 63.4 Å². The average Bonchev–Trinajstić information content (AvgIpc) is 3.38. The van der Waals surface area contributed by atoms with Crippen LogP contribution in [0.5, 0.6) is 5.75 Å². The third-order valence-corrected chi connectivity index (χ3v) is 6.79. The van der Waals surface area contributed by atoms with Crippen molar-refractivity contribution < 1.29 is 9.15 Å². The third kappa shape index (κ3) is 8.22. The zero-order valence-corrected chi connectivity index (χ0v) is 21.8. The Morgan fingerprint density at radius 1 is 0.889 bits per heavy atom. The van der Waals surface area contributed by atoms with Crippen LogP contribution < -0.4 is 10.1 Å². The molecule has 7 heteroatoms.